The smallest absolute Gasteiger partial charge is 0.325 e. The van der Waals surface area contributed by atoms with Gasteiger partial charge in [0, 0.05) is 11.8 Å². The number of hydrogen-bond donors (Lipinski definition) is 1. The molecular formula is C14H15N3O3S. The van der Waals surface area contributed by atoms with Crippen LogP contribution in [0.1, 0.15) is 12.6 Å². The van der Waals surface area contributed by atoms with Crippen LogP contribution < -0.4 is 15.4 Å². The van der Waals surface area contributed by atoms with Crippen LogP contribution in [-0.4, -0.2) is 23.9 Å². The van der Waals surface area contributed by atoms with Crippen LogP contribution >= 0.6 is 11.3 Å². The fraction of sp³-hybridized carbons (Fsp3) is 0.214. The molecule has 0 saturated heterocycles. The zero-order valence-electron chi connectivity index (χ0n) is 11.7. The molecule has 2 rings (SSSR count). The number of methoxy groups -OCH3 is 1. The molecule has 6 nitrogen and oxygen atoms in total. The standard InChI is InChI=1S/C14H15N3O3S/c1-9(18)7-10-8-21-14(16-10)17(13(15)19)11-5-3-4-6-12(11)20-2/h3-6,8H,7H2,1-2H3,(H2,15,19). The number of amides is 2. The lowest BCUT2D eigenvalue weighted by atomic mass is 10.2. The molecule has 2 amide bonds. The number of ether oxygens (including phenoxy) is 1. The largest absolute Gasteiger partial charge is 0.495 e. The van der Waals surface area contributed by atoms with E-state index in [1.807, 2.05) is 0 Å². The van der Waals surface area contributed by atoms with Crippen molar-refractivity contribution in [3.63, 3.8) is 0 Å². The van der Waals surface area contributed by atoms with E-state index in [1.165, 1.54) is 30.3 Å². The zero-order chi connectivity index (χ0) is 15.4. The van der Waals surface area contributed by atoms with Crippen molar-refractivity contribution in [2.75, 3.05) is 12.0 Å². The first kappa shape index (κ1) is 15.0. The van der Waals surface area contributed by atoms with Gasteiger partial charge in [-0.05, 0) is 19.1 Å². The highest BCUT2D eigenvalue weighted by Crippen LogP contribution is 2.35. The Kier molecular flexibility index (Phi) is 4.54. The number of hydrogen-bond acceptors (Lipinski definition) is 5. The summed E-state index contributed by atoms with van der Waals surface area (Å²) in [6, 6.07) is 6.36. The van der Waals surface area contributed by atoms with E-state index in [4.69, 9.17) is 10.5 Å². The van der Waals surface area contributed by atoms with Crippen LogP contribution in [0.5, 0.6) is 5.75 Å². The Bertz CT molecular complexity index is 669. The lowest BCUT2D eigenvalue weighted by Gasteiger charge is -2.19. The number of urea groups is 1. The third-order valence-electron chi connectivity index (χ3n) is 2.71. The van der Waals surface area contributed by atoms with Crippen molar-refractivity contribution in [3.8, 4) is 5.75 Å². The maximum absolute atomic E-state index is 11.8. The molecule has 0 aliphatic heterocycles. The molecule has 21 heavy (non-hydrogen) atoms. The second-order valence-corrected chi connectivity index (χ2v) is 5.18. The second-order valence-electron chi connectivity index (χ2n) is 4.35. The monoisotopic (exact) mass is 305 g/mol. The lowest BCUT2D eigenvalue weighted by Crippen LogP contribution is -2.31. The third-order valence-corrected chi connectivity index (χ3v) is 3.58. The van der Waals surface area contributed by atoms with Crippen LogP contribution in [0.4, 0.5) is 15.6 Å². The third kappa shape index (κ3) is 3.38. The highest BCUT2D eigenvalue weighted by atomic mass is 32.1. The Hall–Kier alpha value is -2.41. The number of carbonyl (C=O) groups excluding carboxylic acids is 2. The summed E-state index contributed by atoms with van der Waals surface area (Å²) in [5.41, 5.74) is 6.59. The first-order valence-electron chi connectivity index (χ1n) is 6.19. The minimum atomic E-state index is -0.664. The molecule has 7 heteroatoms. The number of nitrogens with two attached hydrogens (primary N) is 1. The van der Waals surface area contributed by atoms with Crippen LogP contribution in [0, 0.1) is 0 Å². The number of rotatable bonds is 5. The molecule has 0 unspecified atom stereocenters. The van der Waals surface area contributed by atoms with Crippen molar-refractivity contribution in [1.82, 2.24) is 4.98 Å². The van der Waals surface area contributed by atoms with Gasteiger partial charge in [0.1, 0.15) is 11.5 Å². The molecule has 0 radical (unpaired) electrons. The van der Waals surface area contributed by atoms with Gasteiger partial charge >= 0.3 is 6.03 Å². The normalized spacial score (nSPS) is 10.2. The molecule has 0 aliphatic carbocycles. The van der Waals surface area contributed by atoms with Gasteiger partial charge in [0.15, 0.2) is 5.13 Å². The Morgan fingerprint density at radius 2 is 2.10 bits per heavy atom. The van der Waals surface area contributed by atoms with Crippen LogP contribution in [0.3, 0.4) is 0 Å². The van der Waals surface area contributed by atoms with Crippen LogP contribution in [0.25, 0.3) is 0 Å². The van der Waals surface area contributed by atoms with Gasteiger partial charge in [0.05, 0.1) is 18.5 Å². The van der Waals surface area contributed by atoms with Crippen LogP contribution in [0.2, 0.25) is 0 Å². The molecule has 0 spiro atoms. The Balaban J connectivity index is 2.42. The minimum Gasteiger partial charge on any atom is -0.495 e. The zero-order valence-corrected chi connectivity index (χ0v) is 12.5. The number of benzene rings is 1. The summed E-state index contributed by atoms with van der Waals surface area (Å²) >= 11 is 1.25. The fourth-order valence-electron chi connectivity index (χ4n) is 1.87. The van der Waals surface area contributed by atoms with E-state index in [0.717, 1.165) is 0 Å². The molecule has 1 heterocycles. The number of primary amides is 1. The number of Topliss-reactive ketones (excluding diaryl/α,β-unsaturated/α-hetero) is 1. The van der Waals surface area contributed by atoms with E-state index in [1.54, 1.807) is 29.6 Å². The maximum atomic E-state index is 11.8. The van der Waals surface area contributed by atoms with E-state index in [-0.39, 0.29) is 12.2 Å². The van der Waals surface area contributed by atoms with Crippen molar-refractivity contribution in [2.45, 2.75) is 13.3 Å². The predicted molar refractivity (Wildman–Crippen MR) is 81.2 cm³/mol. The quantitative estimate of drug-likeness (QED) is 0.919. The molecule has 110 valence electrons. The van der Waals surface area contributed by atoms with Gasteiger partial charge in [-0.25, -0.2) is 14.7 Å². The van der Waals surface area contributed by atoms with Gasteiger partial charge in [-0.3, -0.25) is 4.79 Å². The summed E-state index contributed by atoms with van der Waals surface area (Å²) in [6.45, 7) is 1.49. The molecule has 0 saturated carbocycles. The first-order valence-corrected chi connectivity index (χ1v) is 7.07. The SMILES string of the molecule is COc1ccccc1N(C(N)=O)c1nc(CC(C)=O)cs1. The molecule has 1 aromatic carbocycles. The topological polar surface area (TPSA) is 85.5 Å². The van der Waals surface area contributed by atoms with Crippen molar-refractivity contribution in [1.29, 1.82) is 0 Å². The second kappa shape index (κ2) is 6.36. The maximum Gasteiger partial charge on any atom is 0.325 e. The summed E-state index contributed by atoms with van der Waals surface area (Å²) in [7, 11) is 1.51. The van der Waals surface area contributed by atoms with E-state index < -0.39 is 6.03 Å². The van der Waals surface area contributed by atoms with Crippen molar-refractivity contribution >= 4 is 34.0 Å². The molecule has 0 fully saturated rings. The average molecular weight is 305 g/mol. The number of carbonyl (C=O) groups is 2. The summed E-state index contributed by atoms with van der Waals surface area (Å²) in [4.78, 5) is 28.5. The number of anilines is 2. The number of nitrogens with zero attached hydrogens (tertiary/aromatic N) is 2. The van der Waals surface area contributed by atoms with Crippen molar-refractivity contribution in [3.05, 3.63) is 35.3 Å². The lowest BCUT2D eigenvalue weighted by molar-refractivity contribution is -0.116. The van der Waals surface area contributed by atoms with Gasteiger partial charge in [0.2, 0.25) is 0 Å². The van der Waals surface area contributed by atoms with Crippen molar-refractivity contribution in [2.24, 2.45) is 5.73 Å². The summed E-state index contributed by atoms with van der Waals surface area (Å²) in [5, 5.41) is 2.14. The van der Waals surface area contributed by atoms with E-state index in [2.05, 4.69) is 4.98 Å². The van der Waals surface area contributed by atoms with Gasteiger partial charge in [-0.15, -0.1) is 11.3 Å². The highest BCUT2D eigenvalue weighted by Gasteiger charge is 2.22. The van der Waals surface area contributed by atoms with Crippen LogP contribution in [-0.2, 0) is 11.2 Å². The van der Waals surface area contributed by atoms with E-state index in [9.17, 15) is 9.59 Å². The van der Waals surface area contributed by atoms with Crippen molar-refractivity contribution < 1.29 is 14.3 Å². The molecule has 0 aliphatic rings. The number of para-hydroxylation sites is 2. The molecule has 2 aromatic rings. The van der Waals surface area contributed by atoms with Gasteiger partial charge < -0.3 is 10.5 Å². The molecule has 1 aromatic heterocycles. The molecule has 2 N–H and O–H groups in total. The van der Waals surface area contributed by atoms with E-state index in [0.29, 0.717) is 22.3 Å². The fourth-order valence-corrected chi connectivity index (χ4v) is 2.71. The molecule has 0 bridgehead atoms. The Morgan fingerprint density at radius 3 is 2.71 bits per heavy atom. The average Bonchev–Trinajstić information content (AvgIpc) is 2.86. The van der Waals surface area contributed by atoms with Crippen LogP contribution in [0.15, 0.2) is 29.6 Å². The number of thiazole rings is 1. The summed E-state index contributed by atoms with van der Waals surface area (Å²) in [5.74, 6) is 0.523. The summed E-state index contributed by atoms with van der Waals surface area (Å²) in [6.07, 6.45) is 0.231. The first-order chi connectivity index (χ1) is 10.0. The Morgan fingerprint density at radius 1 is 1.38 bits per heavy atom. The number of aromatic nitrogens is 1. The Labute approximate surface area is 126 Å². The highest BCUT2D eigenvalue weighted by molar-refractivity contribution is 7.14. The molecule has 0 atom stereocenters. The van der Waals surface area contributed by atoms with Gasteiger partial charge in [0.25, 0.3) is 0 Å². The predicted octanol–water partition coefficient (Wildman–Crippen LogP) is 2.50. The summed E-state index contributed by atoms with van der Waals surface area (Å²) < 4.78 is 5.24. The number of ketones is 1. The van der Waals surface area contributed by atoms with E-state index >= 15 is 0 Å². The van der Waals surface area contributed by atoms with Gasteiger partial charge in [-0.2, -0.15) is 0 Å². The molecular weight excluding hydrogens is 290 g/mol. The van der Waals surface area contributed by atoms with Gasteiger partial charge in [-0.1, -0.05) is 12.1 Å². The minimum absolute atomic E-state index is 0.00904.